The lowest BCUT2D eigenvalue weighted by atomic mass is 9.73. The van der Waals surface area contributed by atoms with Crippen LogP contribution in [-0.4, -0.2) is 24.0 Å². The molecule has 1 aliphatic carbocycles. The molecule has 0 heterocycles. The maximum absolute atomic E-state index is 3.69. The van der Waals surface area contributed by atoms with E-state index in [0.717, 1.165) is 44.1 Å². The van der Waals surface area contributed by atoms with Crippen molar-refractivity contribution in [3.63, 3.8) is 0 Å². The van der Waals surface area contributed by atoms with E-state index in [0.29, 0.717) is 0 Å². The molecule has 1 N–H and O–H groups in total. The number of rotatable bonds is 8. The van der Waals surface area contributed by atoms with Gasteiger partial charge in [-0.3, -0.25) is 4.90 Å². The van der Waals surface area contributed by atoms with Crippen molar-refractivity contribution < 1.29 is 0 Å². The minimum atomic E-state index is 0.743. The fourth-order valence-corrected chi connectivity index (χ4v) is 3.10. The molecule has 1 fully saturated rings. The molecule has 21 heavy (non-hydrogen) atoms. The predicted molar refractivity (Wildman–Crippen MR) is 91.3 cm³/mol. The van der Waals surface area contributed by atoms with Gasteiger partial charge in [-0.25, -0.2) is 0 Å². The van der Waals surface area contributed by atoms with Gasteiger partial charge in [0, 0.05) is 19.1 Å². The van der Waals surface area contributed by atoms with Crippen molar-refractivity contribution in [1.29, 1.82) is 0 Å². The van der Waals surface area contributed by atoms with Crippen LogP contribution >= 0.6 is 0 Å². The monoisotopic (exact) mass is 288 g/mol. The van der Waals surface area contributed by atoms with Crippen LogP contribution in [0.3, 0.4) is 0 Å². The molecule has 0 bridgehead atoms. The summed E-state index contributed by atoms with van der Waals surface area (Å²) in [5.41, 5.74) is 2.83. The molecule has 2 rings (SSSR count). The Hall–Kier alpha value is -0.860. The Balaban J connectivity index is 1.73. The molecule has 0 aliphatic heterocycles. The summed E-state index contributed by atoms with van der Waals surface area (Å²) in [5, 5.41) is 3.69. The van der Waals surface area contributed by atoms with Gasteiger partial charge in [-0.2, -0.15) is 0 Å². The lowest BCUT2D eigenvalue weighted by Gasteiger charge is -2.38. The van der Waals surface area contributed by atoms with Gasteiger partial charge in [0.2, 0.25) is 0 Å². The Morgan fingerprint density at radius 2 is 1.62 bits per heavy atom. The first-order valence-corrected chi connectivity index (χ1v) is 8.65. The summed E-state index contributed by atoms with van der Waals surface area (Å²) in [6.45, 7) is 13.5. The largest absolute Gasteiger partial charge is 0.310 e. The molecular weight excluding hydrogens is 256 g/mol. The number of nitrogens with one attached hydrogen (secondary N) is 1. The van der Waals surface area contributed by atoms with E-state index in [-0.39, 0.29) is 0 Å². The number of benzene rings is 1. The average molecular weight is 288 g/mol. The second kappa shape index (κ2) is 7.95. The van der Waals surface area contributed by atoms with Gasteiger partial charge in [0.1, 0.15) is 0 Å². The Morgan fingerprint density at radius 3 is 2.14 bits per heavy atom. The van der Waals surface area contributed by atoms with Crippen molar-refractivity contribution in [2.24, 2.45) is 11.8 Å². The summed E-state index contributed by atoms with van der Waals surface area (Å²) in [4.78, 5) is 2.45. The lowest BCUT2D eigenvalue weighted by Crippen LogP contribution is -2.42. The van der Waals surface area contributed by atoms with Crippen LogP contribution in [0.25, 0.3) is 0 Å². The highest BCUT2D eigenvalue weighted by Crippen LogP contribution is 2.33. The third-order valence-electron chi connectivity index (χ3n) is 5.04. The smallest absolute Gasteiger partial charge is 0.0233 e. The second-order valence-electron chi connectivity index (χ2n) is 6.83. The molecule has 0 aromatic heterocycles. The third kappa shape index (κ3) is 4.82. The van der Waals surface area contributed by atoms with E-state index in [9.17, 15) is 0 Å². The topological polar surface area (TPSA) is 15.3 Å². The summed E-state index contributed by atoms with van der Waals surface area (Å²) in [7, 11) is 0. The van der Waals surface area contributed by atoms with Gasteiger partial charge in [0.05, 0.1) is 0 Å². The highest BCUT2D eigenvalue weighted by molar-refractivity contribution is 5.22. The van der Waals surface area contributed by atoms with Crippen LogP contribution in [0.15, 0.2) is 24.3 Å². The van der Waals surface area contributed by atoms with Gasteiger partial charge < -0.3 is 5.32 Å². The first-order chi connectivity index (χ1) is 10.1. The zero-order chi connectivity index (χ0) is 15.2. The summed E-state index contributed by atoms with van der Waals surface area (Å²) in [5.74, 6) is 1.79. The van der Waals surface area contributed by atoms with E-state index in [2.05, 4.69) is 62.2 Å². The molecule has 118 valence electrons. The van der Waals surface area contributed by atoms with Crippen molar-refractivity contribution >= 4 is 0 Å². The summed E-state index contributed by atoms with van der Waals surface area (Å²) < 4.78 is 0. The molecule has 0 amide bonds. The maximum atomic E-state index is 3.69. The maximum Gasteiger partial charge on any atom is 0.0233 e. The molecule has 1 saturated carbocycles. The average Bonchev–Trinajstić information content (AvgIpc) is 2.44. The summed E-state index contributed by atoms with van der Waals surface area (Å²) >= 11 is 0. The minimum Gasteiger partial charge on any atom is -0.310 e. The van der Waals surface area contributed by atoms with Crippen molar-refractivity contribution in [2.75, 3.05) is 13.1 Å². The second-order valence-corrected chi connectivity index (χ2v) is 6.83. The molecule has 2 heteroatoms. The van der Waals surface area contributed by atoms with Crippen LogP contribution in [0.1, 0.15) is 51.7 Å². The number of nitrogens with zero attached hydrogens (tertiary/aromatic N) is 1. The number of hydrogen-bond donors (Lipinski definition) is 1. The molecule has 0 unspecified atom stereocenters. The van der Waals surface area contributed by atoms with E-state index in [1.54, 1.807) is 0 Å². The Labute approximate surface area is 130 Å². The van der Waals surface area contributed by atoms with Crippen molar-refractivity contribution in [1.82, 2.24) is 10.2 Å². The van der Waals surface area contributed by atoms with Crippen LogP contribution < -0.4 is 5.32 Å². The normalized spacial score (nSPS) is 21.8. The van der Waals surface area contributed by atoms with Crippen LogP contribution in [0.4, 0.5) is 0 Å². The van der Waals surface area contributed by atoms with E-state index in [4.69, 9.17) is 0 Å². The standard InChI is InChI=1S/C19H32N2/c1-5-21(6-2)14-17-9-7-16(8-10-17)13-20-19-11-18(12-19)15(3)4/h7-10,15,18-20H,5-6,11-14H2,1-4H3. The predicted octanol–water partition coefficient (Wildman–Crippen LogP) is 4.05. The van der Waals surface area contributed by atoms with Gasteiger partial charge in [-0.15, -0.1) is 0 Å². The van der Waals surface area contributed by atoms with E-state index < -0.39 is 0 Å². The van der Waals surface area contributed by atoms with Gasteiger partial charge >= 0.3 is 0 Å². The van der Waals surface area contributed by atoms with Crippen molar-refractivity contribution in [3.05, 3.63) is 35.4 Å². The van der Waals surface area contributed by atoms with Crippen molar-refractivity contribution in [3.8, 4) is 0 Å². The van der Waals surface area contributed by atoms with Gasteiger partial charge in [-0.1, -0.05) is 52.0 Å². The quantitative estimate of drug-likeness (QED) is 0.776. The SMILES string of the molecule is CCN(CC)Cc1ccc(CNC2CC(C(C)C)C2)cc1. The molecule has 0 radical (unpaired) electrons. The zero-order valence-electron chi connectivity index (χ0n) is 14.2. The first kappa shape index (κ1) is 16.5. The fourth-order valence-electron chi connectivity index (χ4n) is 3.10. The van der Waals surface area contributed by atoms with Crippen LogP contribution in [0, 0.1) is 11.8 Å². The molecule has 0 saturated heterocycles. The highest BCUT2D eigenvalue weighted by atomic mass is 15.1. The molecular formula is C19H32N2. The molecule has 0 spiro atoms. The van der Waals surface area contributed by atoms with Crippen LogP contribution in [0.5, 0.6) is 0 Å². The molecule has 1 aromatic carbocycles. The first-order valence-electron chi connectivity index (χ1n) is 8.65. The molecule has 2 nitrogen and oxygen atoms in total. The Bertz CT molecular complexity index is 400. The summed E-state index contributed by atoms with van der Waals surface area (Å²) in [6.07, 6.45) is 2.72. The third-order valence-corrected chi connectivity index (χ3v) is 5.04. The van der Waals surface area contributed by atoms with E-state index in [1.165, 1.54) is 24.0 Å². The van der Waals surface area contributed by atoms with Crippen LogP contribution in [0.2, 0.25) is 0 Å². The van der Waals surface area contributed by atoms with Crippen LogP contribution in [-0.2, 0) is 13.1 Å². The van der Waals surface area contributed by atoms with Crippen molar-refractivity contribution in [2.45, 2.75) is 59.7 Å². The Morgan fingerprint density at radius 1 is 1.05 bits per heavy atom. The van der Waals surface area contributed by atoms with Gasteiger partial charge in [-0.05, 0) is 48.9 Å². The lowest BCUT2D eigenvalue weighted by molar-refractivity contribution is 0.167. The molecule has 1 aromatic rings. The van der Waals surface area contributed by atoms with E-state index in [1.807, 2.05) is 0 Å². The highest BCUT2D eigenvalue weighted by Gasteiger charge is 2.30. The summed E-state index contributed by atoms with van der Waals surface area (Å²) in [6, 6.07) is 9.88. The van der Waals surface area contributed by atoms with E-state index >= 15 is 0 Å². The van der Waals surface area contributed by atoms with Gasteiger partial charge in [0.15, 0.2) is 0 Å². The van der Waals surface area contributed by atoms with Gasteiger partial charge in [0.25, 0.3) is 0 Å². The zero-order valence-corrected chi connectivity index (χ0v) is 14.2. The Kier molecular flexibility index (Phi) is 6.25. The molecule has 1 aliphatic rings. The molecule has 0 atom stereocenters. The minimum absolute atomic E-state index is 0.743. The fraction of sp³-hybridized carbons (Fsp3) is 0.684. The number of hydrogen-bond acceptors (Lipinski definition) is 2.